The topological polar surface area (TPSA) is 41.6 Å². The van der Waals surface area contributed by atoms with Crippen molar-refractivity contribution < 1.29 is 9.53 Å². The molecule has 0 saturated carbocycles. The van der Waals surface area contributed by atoms with Crippen molar-refractivity contribution in [2.24, 2.45) is 0 Å². The van der Waals surface area contributed by atoms with Crippen molar-refractivity contribution in [2.75, 3.05) is 24.7 Å². The van der Waals surface area contributed by atoms with Gasteiger partial charge in [0.2, 0.25) is 0 Å². The number of amides is 2. The number of rotatable bonds is 3. The first-order chi connectivity index (χ1) is 12.8. The van der Waals surface area contributed by atoms with Crippen LogP contribution in [0.15, 0.2) is 46.9 Å². The van der Waals surface area contributed by atoms with Crippen molar-refractivity contribution in [3.05, 3.63) is 58.1 Å². The fourth-order valence-corrected chi connectivity index (χ4v) is 4.84. The molecular formula is C21H25BrN2O2S. The molecule has 1 fully saturated rings. The maximum Gasteiger partial charge on any atom is 0.323 e. The van der Waals surface area contributed by atoms with Gasteiger partial charge in [-0.05, 0) is 56.7 Å². The van der Waals surface area contributed by atoms with Gasteiger partial charge in [0.15, 0.2) is 0 Å². The number of benzene rings is 2. The molecule has 1 saturated heterocycles. The van der Waals surface area contributed by atoms with Gasteiger partial charge < -0.3 is 15.0 Å². The van der Waals surface area contributed by atoms with Crippen LogP contribution in [0.4, 0.5) is 10.5 Å². The summed E-state index contributed by atoms with van der Waals surface area (Å²) in [4.78, 5) is 14.7. The lowest BCUT2D eigenvalue weighted by Crippen LogP contribution is -2.34. The Hall–Kier alpha value is -1.66. The Morgan fingerprint density at radius 2 is 1.93 bits per heavy atom. The summed E-state index contributed by atoms with van der Waals surface area (Å²) in [5.74, 6) is 1.71. The zero-order chi connectivity index (χ0) is 19.6. The smallest absolute Gasteiger partial charge is 0.323 e. The van der Waals surface area contributed by atoms with Crippen LogP contribution in [0.5, 0.6) is 5.75 Å². The second-order valence-electron chi connectivity index (χ2n) is 7.57. The number of anilines is 1. The van der Waals surface area contributed by atoms with E-state index < -0.39 is 0 Å². The van der Waals surface area contributed by atoms with E-state index in [4.69, 9.17) is 4.74 Å². The number of nitrogens with one attached hydrogen (secondary N) is 1. The number of urea groups is 1. The summed E-state index contributed by atoms with van der Waals surface area (Å²) >= 11 is 5.31. The lowest BCUT2D eigenvalue weighted by atomic mass is 9.87. The van der Waals surface area contributed by atoms with E-state index in [-0.39, 0.29) is 16.8 Å². The van der Waals surface area contributed by atoms with Gasteiger partial charge in [-0.25, -0.2) is 4.79 Å². The van der Waals surface area contributed by atoms with E-state index in [0.29, 0.717) is 0 Å². The quantitative estimate of drug-likeness (QED) is 0.622. The Bertz CT molecular complexity index is 818. The highest BCUT2D eigenvalue weighted by Gasteiger charge is 2.31. The molecule has 1 unspecified atom stereocenters. The summed E-state index contributed by atoms with van der Waals surface area (Å²) in [6, 6.07) is 14.0. The SMILES string of the molecule is COc1ccc(C2SCCN2C(=O)Nc2ccc(C(C)(C)C)cc2)cc1Br. The van der Waals surface area contributed by atoms with Crippen molar-refractivity contribution in [3.63, 3.8) is 0 Å². The molecular weight excluding hydrogens is 424 g/mol. The molecule has 0 aromatic heterocycles. The Labute approximate surface area is 173 Å². The predicted molar refractivity (Wildman–Crippen MR) is 117 cm³/mol. The van der Waals surface area contributed by atoms with E-state index in [0.717, 1.165) is 33.8 Å². The van der Waals surface area contributed by atoms with Gasteiger partial charge in [0.05, 0.1) is 11.6 Å². The molecule has 0 aliphatic carbocycles. The summed E-state index contributed by atoms with van der Waals surface area (Å²) in [6.45, 7) is 7.27. The average Bonchev–Trinajstić information content (AvgIpc) is 3.11. The largest absolute Gasteiger partial charge is 0.496 e. The van der Waals surface area contributed by atoms with E-state index in [1.807, 2.05) is 35.2 Å². The molecule has 1 heterocycles. The van der Waals surface area contributed by atoms with E-state index in [9.17, 15) is 4.79 Å². The lowest BCUT2D eigenvalue weighted by Gasteiger charge is -2.25. The predicted octanol–water partition coefficient (Wildman–Crippen LogP) is 6.03. The van der Waals surface area contributed by atoms with Crippen molar-refractivity contribution >= 4 is 39.4 Å². The molecule has 6 heteroatoms. The van der Waals surface area contributed by atoms with Crippen LogP contribution in [-0.4, -0.2) is 30.3 Å². The van der Waals surface area contributed by atoms with Crippen LogP contribution in [0.3, 0.4) is 0 Å². The van der Waals surface area contributed by atoms with Gasteiger partial charge in [-0.2, -0.15) is 0 Å². The number of halogens is 1. The summed E-state index contributed by atoms with van der Waals surface area (Å²) in [5.41, 5.74) is 3.25. The number of hydrogen-bond donors (Lipinski definition) is 1. The van der Waals surface area contributed by atoms with Gasteiger partial charge in [-0.3, -0.25) is 0 Å². The number of carbonyl (C=O) groups excluding carboxylic acids is 1. The van der Waals surface area contributed by atoms with Crippen molar-refractivity contribution in [2.45, 2.75) is 31.6 Å². The highest BCUT2D eigenvalue weighted by atomic mass is 79.9. The molecule has 2 aromatic carbocycles. The van der Waals surface area contributed by atoms with Crippen LogP contribution in [-0.2, 0) is 5.41 Å². The summed E-state index contributed by atoms with van der Waals surface area (Å²) < 4.78 is 6.20. The molecule has 1 aliphatic rings. The van der Waals surface area contributed by atoms with Crippen molar-refractivity contribution in [1.29, 1.82) is 0 Å². The van der Waals surface area contributed by atoms with E-state index in [2.05, 4.69) is 54.2 Å². The fourth-order valence-electron chi connectivity index (χ4n) is 3.04. The van der Waals surface area contributed by atoms with Gasteiger partial charge in [0, 0.05) is 18.0 Å². The molecule has 0 spiro atoms. The number of methoxy groups -OCH3 is 1. The maximum atomic E-state index is 12.9. The first kappa shape index (κ1) is 20.1. The number of thioether (sulfide) groups is 1. The minimum Gasteiger partial charge on any atom is -0.496 e. The van der Waals surface area contributed by atoms with Gasteiger partial charge >= 0.3 is 6.03 Å². The molecule has 1 N–H and O–H groups in total. The maximum absolute atomic E-state index is 12.9. The van der Waals surface area contributed by atoms with Crippen LogP contribution in [0, 0.1) is 0 Å². The zero-order valence-corrected chi connectivity index (χ0v) is 18.5. The zero-order valence-electron chi connectivity index (χ0n) is 16.1. The Morgan fingerprint density at radius 1 is 1.22 bits per heavy atom. The minimum absolute atomic E-state index is 0.000976. The number of carbonyl (C=O) groups is 1. The Morgan fingerprint density at radius 3 is 2.52 bits per heavy atom. The Kier molecular flexibility index (Phi) is 6.06. The average molecular weight is 449 g/mol. The molecule has 4 nitrogen and oxygen atoms in total. The first-order valence-corrected chi connectivity index (χ1v) is 10.8. The van der Waals surface area contributed by atoms with Crippen LogP contribution < -0.4 is 10.1 Å². The van der Waals surface area contributed by atoms with Crippen LogP contribution in [0.2, 0.25) is 0 Å². The van der Waals surface area contributed by atoms with Crippen LogP contribution in [0.25, 0.3) is 0 Å². The standard InChI is InChI=1S/C21H25BrN2O2S/c1-21(2,3)15-6-8-16(9-7-15)23-20(25)24-11-12-27-19(24)14-5-10-18(26-4)17(22)13-14/h5-10,13,19H,11-12H2,1-4H3,(H,23,25). The normalized spacial score (nSPS) is 17.1. The fraction of sp³-hybridized carbons (Fsp3) is 0.381. The second-order valence-corrected chi connectivity index (χ2v) is 9.61. The third-order valence-corrected chi connectivity index (χ3v) is 6.50. The third-order valence-electron chi connectivity index (χ3n) is 4.62. The van der Waals surface area contributed by atoms with Crippen LogP contribution >= 0.6 is 27.7 Å². The van der Waals surface area contributed by atoms with E-state index in [1.165, 1.54) is 5.56 Å². The summed E-state index contributed by atoms with van der Waals surface area (Å²) in [5, 5.41) is 3.04. The van der Waals surface area contributed by atoms with Crippen LogP contribution in [0.1, 0.15) is 37.3 Å². The number of ether oxygens (including phenoxy) is 1. The van der Waals surface area contributed by atoms with E-state index in [1.54, 1.807) is 18.9 Å². The number of hydrogen-bond acceptors (Lipinski definition) is 3. The molecule has 0 bridgehead atoms. The third kappa shape index (κ3) is 4.61. The molecule has 144 valence electrons. The van der Waals surface area contributed by atoms with Gasteiger partial charge in [0.1, 0.15) is 11.1 Å². The second kappa shape index (κ2) is 8.15. The number of nitrogens with zero attached hydrogens (tertiary/aromatic N) is 1. The molecule has 3 rings (SSSR count). The highest BCUT2D eigenvalue weighted by molar-refractivity contribution is 9.10. The summed E-state index contributed by atoms with van der Waals surface area (Å²) in [6.07, 6.45) is 0. The lowest BCUT2D eigenvalue weighted by molar-refractivity contribution is 0.214. The van der Waals surface area contributed by atoms with Gasteiger partial charge in [-0.15, -0.1) is 11.8 Å². The monoisotopic (exact) mass is 448 g/mol. The first-order valence-electron chi connectivity index (χ1n) is 8.93. The molecule has 27 heavy (non-hydrogen) atoms. The van der Waals surface area contributed by atoms with Gasteiger partial charge in [-0.1, -0.05) is 39.0 Å². The molecule has 1 atom stereocenters. The van der Waals surface area contributed by atoms with Crippen molar-refractivity contribution in [3.8, 4) is 5.75 Å². The molecule has 2 amide bonds. The van der Waals surface area contributed by atoms with Crippen molar-refractivity contribution in [1.82, 2.24) is 4.90 Å². The molecule has 2 aromatic rings. The summed E-state index contributed by atoms with van der Waals surface area (Å²) in [7, 11) is 1.65. The molecule has 1 aliphatic heterocycles. The highest BCUT2D eigenvalue weighted by Crippen LogP contribution is 2.40. The Balaban J connectivity index is 1.73. The van der Waals surface area contributed by atoms with E-state index >= 15 is 0 Å². The minimum atomic E-state index is -0.0690. The molecule has 0 radical (unpaired) electrons. The van der Waals surface area contributed by atoms with Gasteiger partial charge in [0.25, 0.3) is 0 Å².